The fourth-order valence-corrected chi connectivity index (χ4v) is 4.52. The third-order valence-corrected chi connectivity index (χ3v) is 10.4. The molecule has 0 radical (unpaired) electrons. The minimum Gasteiger partial charge on any atom is -0.499 e. The van der Waals surface area contributed by atoms with Gasteiger partial charge in [-0.25, -0.2) is 0 Å². The lowest BCUT2D eigenvalue weighted by Crippen LogP contribution is -2.54. The molecule has 5 nitrogen and oxygen atoms in total. The molecule has 1 aliphatic rings. The molecule has 0 N–H and O–H groups in total. The van der Waals surface area contributed by atoms with Crippen molar-refractivity contribution in [1.82, 2.24) is 4.90 Å². The highest BCUT2D eigenvalue weighted by Gasteiger charge is 2.46. The van der Waals surface area contributed by atoms with Crippen LogP contribution in [0.1, 0.15) is 40.2 Å². The number of amides is 2. The second kappa shape index (κ2) is 8.84. The molecule has 1 aromatic carbocycles. The fourth-order valence-electron chi connectivity index (χ4n) is 3.16. The van der Waals surface area contributed by atoms with E-state index in [2.05, 4.69) is 33.9 Å². The molecule has 0 saturated heterocycles. The Hall–Kier alpha value is -1.92. The van der Waals surface area contributed by atoms with E-state index < -0.39 is 20.5 Å². The van der Waals surface area contributed by atoms with Gasteiger partial charge in [-0.15, -0.1) is 0 Å². The summed E-state index contributed by atoms with van der Waals surface area (Å²) in [4.78, 5) is 27.7. The van der Waals surface area contributed by atoms with Crippen LogP contribution in [0.25, 0.3) is 0 Å². The number of ether oxygens (including phenoxy) is 1. The van der Waals surface area contributed by atoms with Crippen molar-refractivity contribution in [2.45, 2.75) is 71.3 Å². The van der Waals surface area contributed by atoms with Crippen LogP contribution >= 0.6 is 0 Å². The molecule has 0 fully saturated rings. The summed E-state index contributed by atoms with van der Waals surface area (Å²) >= 11 is 0. The van der Waals surface area contributed by atoms with Crippen molar-refractivity contribution in [2.75, 3.05) is 7.11 Å². The number of benzene rings is 1. The van der Waals surface area contributed by atoms with Gasteiger partial charge in [0.05, 0.1) is 7.11 Å². The van der Waals surface area contributed by atoms with Crippen molar-refractivity contribution in [3.8, 4) is 0 Å². The zero-order valence-corrected chi connectivity index (χ0v) is 20.0. The molecule has 0 aliphatic carbocycles. The molecule has 0 bridgehead atoms. The highest BCUT2D eigenvalue weighted by atomic mass is 28.4. The molecule has 2 atom stereocenters. The fraction of sp³-hybridized carbons (Fsp3) is 0.565. The second-order valence-corrected chi connectivity index (χ2v) is 14.3. The summed E-state index contributed by atoms with van der Waals surface area (Å²) in [5.41, 5.74) is 1.04. The predicted molar refractivity (Wildman–Crippen MR) is 118 cm³/mol. The van der Waals surface area contributed by atoms with Crippen molar-refractivity contribution in [2.24, 2.45) is 5.92 Å². The van der Waals surface area contributed by atoms with Crippen LogP contribution in [0, 0.1) is 5.92 Å². The van der Waals surface area contributed by atoms with E-state index in [1.807, 2.05) is 44.2 Å². The summed E-state index contributed by atoms with van der Waals surface area (Å²) in [7, 11) is -0.656. The zero-order valence-electron chi connectivity index (χ0n) is 19.0. The van der Waals surface area contributed by atoms with Gasteiger partial charge in [0, 0.05) is 12.5 Å². The van der Waals surface area contributed by atoms with Crippen LogP contribution in [0.2, 0.25) is 18.1 Å². The highest BCUT2D eigenvalue weighted by molar-refractivity contribution is 6.74. The Bertz CT molecular complexity index is 765. The zero-order chi connectivity index (χ0) is 22.0. The summed E-state index contributed by atoms with van der Waals surface area (Å²) in [6.07, 6.45) is 1.28. The lowest BCUT2D eigenvalue weighted by Gasteiger charge is -2.41. The number of hydrogen-bond donors (Lipinski definition) is 0. The molecule has 0 saturated carbocycles. The molecule has 0 aromatic heterocycles. The molecule has 1 heterocycles. The molecule has 0 spiro atoms. The number of nitrogens with zero attached hydrogens (tertiary/aromatic N) is 1. The van der Waals surface area contributed by atoms with Gasteiger partial charge in [-0.05, 0) is 29.6 Å². The lowest BCUT2D eigenvalue weighted by atomic mass is 10.0. The molecule has 1 aliphatic heterocycles. The lowest BCUT2D eigenvalue weighted by molar-refractivity contribution is -0.150. The van der Waals surface area contributed by atoms with Crippen LogP contribution in [-0.4, -0.2) is 44.3 Å². The van der Waals surface area contributed by atoms with E-state index in [9.17, 15) is 9.59 Å². The van der Waals surface area contributed by atoms with Gasteiger partial charge in [0.25, 0.3) is 11.8 Å². The molecule has 0 unspecified atom stereocenters. The first-order valence-corrected chi connectivity index (χ1v) is 13.1. The minimum atomic E-state index is -2.20. The molecule has 1 aromatic rings. The van der Waals surface area contributed by atoms with Crippen LogP contribution in [0.15, 0.2) is 42.2 Å². The number of methoxy groups -OCH3 is 1. The van der Waals surface area contributed by atoms with Gasteiger partial charge in [-0.3, -0.25) is 14.5 Å². The molecular weight excluding hydrogens is 382 g/mol. The third kappa shape index (κ3) is 5.17. The van der Waals surface area contributed by atoms with E-state index in [0.29, 0.717) is 12.2 Å². The van der Waals surface area contributed by atoms with E-state index in [-0.39, 0.29) is 22.8 Å². The van der Waals surface area contributed by atoms with Crippen LogP contribution in [0.4, 0.5) is 0 Å². The normalized spacial score (nSPS) is 18.8. The van der Waals surface area contributed by atoms with E-state index >= 15 is 0 Å². The van der Waals surface area contributed by atoms with Gasteiger partial charge >= 0.3 is 0 Å². The SMILES string of the molecule is COC1=CC(=O)N(C(=O)[C@@H](O[Si](C)(C)C(C)(C)C)C(C)C)[C@@H]1Cc1ccccc1. The van der Waals surface area contributed by atoms with Crippen molar-refractivity contribution in [1.29, 1.82) is 0 Å². The van der Waals surface area contributed by atoms with Crippen molar-refractivity contribution in [3.05, 3.63) is 47.7 Å². The smallest absolute Gasteiger partial charge is 0.258 e. The van der Waals surface area contributed by atoms with Gasteiger partial charge in [0.1, 0.15) is 17.9 Å². The largest absolute Gasteiger partial charge is 0.499 e. The topological polar surface area (TPSA) is 55.8 Å². The molecule has 2 amide bonds. The van der Waals surface area contributed by atoms with Crippen LogP contribution in [-0.2, 0) is 25.2 Å². The Balaban J connectivity index is 2.34. The summed E-state index contributed by atoms with van der Waals surface area (Å²) in [5, 5.41) is -0.0329. The maximum absolute atomic E-state index is 13.6. The van der Waals surface area contributed by atoms with Gasteiger partial charge in [-0.1, -0.05) is 65.0 Å². The van der Waals surface area contributed by atoms with E-state index in [1.54, 1.807) is 0 Å². The first kappa shape index (κ1) is 23.4. The quantitative estimate of drug-likeness (QED) is 0.611. The van der Waals surface area contributed by atoms with Gasteiger partial charge in [0.2, 0.25) is 0 Å². The van der Waals surface area contributed by atoms with Crippen LogP contribution in [0.5, 0.6) is 0 Å². The van der Waals surface area contributed by atoms with E-state index in [0.717, 1.165) is 5.56 Å². The van der Waals surface area contributed by atoms with Gasteiger partial charge < -0.3 is 9.16 Å². The number of hydrogen-bond acceptors (Lipinski definition) is 4. The molecular formula is C23H35NO4Si. The maximum atomic E-state index is 13.6. The molecule has 29 heavy (non-hydrogen) atoms. The molecule has 2 rings (SSSR count). The van der Waals surface area contributed by atoms with E-state index in [1.165, 1.54) is 18.1 Å². The molecule has 6 heteroatoms. The Morgan fingerprint density at radius 2 is 1.76 bits per heavy atom. The number of carbonyl (C=O) groups excluding carboxylic acids is 2. The second-order valence-electron chi connectivity index (χ2n) is 9.55. The average molecular weight is 418 g/mol. The average Bonchev–Trinajstić information content (AvgIpc) is 2.94. The Labute approximate surface area is 176 Å². The standard InChI is InChI=1S/C23H35NO4Si/c1-16(2)21(28-29(7,8)23(3,4)5)22(26)24-18(19(27-6)15-20(24)25)14-17-12-10-9-11-13-17/h9-13,15-16,18,21H,14H2,1-8H3/t18-,21+/m1/s1. The van der Waals surface area contributed by atoms with E-state index in [4.69, 9.17) is 9.16 Å². The van der Waals surface area contributed by atoms with Gasteiger partial charge in [0.15, 0.2) is 8.32 Å². The third-order valence-electron chi connectivity index (χ3n) is 5.96. The summed E-state index contributed by atoms with van der Waals surface area (Å²) in [5.74, 6) is -0.147. The Morgan fingerprint density at radius 1 is 1.17 bits per heavy atom. The van der Waals surface area contributed by atoms with Crippen molar-refractivity contribution in [3.63, 3.8) is 0 Å². The first-order valence-electron chi connectivity index (χ1n) is 10.2. The van der Waals surface area contributed by atoms with Crippen LogP contribution < -0.4 is 0 Å². The maximum Gasteiger partial charge on any atom is 0.258 e. The number of carbonyl (C=O) groups is 2. The number of imide groups is 1. The Morgan fingerprint density at radius 3 is 2.24 bits per heavy atom. The van der Waals surface area contributed by atoms with Crippen molar-refractivity contribution < 1.29 is 18.8 Å². The Kier molecular flexibility index (Phi) is 7.12. The van der Waals surface area contributed by atoms with Gasteiger partial charge in [-0.2, -0.15) is 0 Å². The predicted octanol–water partition coefficient (Wildman–Crippen LogP) is 4.54. The molecule has 160 valence electrons. The first-order chi connectivity index (χ1) is 13.4. The monoisotopic (exact) mass is 417 g/mol. The minimum absolute atomic E-state index is 0.0329. The summed E-state index contributed by atoms with van der Waals surface area (Å²) < 4.78 is 11.9. The number of rotatable bonds is 7. The summed E-state index contributed by atoms with van der Waals surface area (Å²) in [6.45, 7) is 14.6. The summed E-state index contributed by atoms with van der Waals surface area (Å²) in [6, 6.07) is 9.38. The highest BCUT2D eigenvalue weighted by Crippen LogP contribution is 2.38. The van der Waals surface area contributed by atoms with Crippen molar-refractivity contribution >= 4 is 20.1 Å². The van der Waals surface area contributed by atoms with Crippen LogP contribution in [0.3, 0.4) is 0 Å².